The van der Waals surface area contributed by atoms with Crippen LogP contribution in [0.5, 0.6) is 5.75 Å². The molecule has 0 aliphatic rings. The summed E-state index contributed by atoms with van der Waals surface area (Å²) in [7, 11) is 3.72. The number of pyridine rings is 1. The molecule has 0 fully saturated rings. The normalized spacial score (nSPS) is 11.6. The molecular formula is C38H45N13O7. The second-order valence-corrected chi connectivity index (χ2v) is 13.2. The molecule has 5 aromatic heterocycles. The lowest BCUT2D eigenvalue weighted by Crippen LogP contribution is -2.32. The van der Waals surface area contributed by atoms with E-state index >= 15 is 0 Å². The summed E-state index contributed by atoms with van der Waals surface area (Å²) < 4.78 is 20.9. The highest BCUT2D eigenvalue weighted by Crippen LogP contribution is 2.32. The van der Waals surface area contributed by atoms with Gasteiger partial charge in [0.25, 0.3) is 11.8 Å². The summed E-state index contributed by atoms with van der Waals surface area (Å²) in [6, 6.07) is 4.57. The molecule has 20 heteroatoms. The number of nitrogens with zero attached hydrogens (tertiary/aromatic N) is 8. The van der Waals surface area contributed by atoms with Gasteiger partial charge in [0.15, 0.2) is 17.4 Å². The lowest BCUT2D eigenvalue weighted by Gasteiger charge is -2.16. The van der Waals surface area contributed by atoms with Crippen molar-refractivity contribution in [3.8, 4) is 5.75 Å². The molecule has 4 amide bonds. The Morgan fingerprint density at radius 1 is 0.810 bits per heavy atom. The topological polar surface area (TPSA) is 269 Å². The number of carbonyl (C=O) groups excluding carboxylic acids is 4. The average molecular weight is 796 g/mol. The number of imidazole rings is 2. The third-order valence-corrected chi connectivity index (χ3v) is 9.12. The van der Waals surface area contributed by atoms with Crippen molar-refractivity contribution in [1.29, 1.82) is 0 Å². The van der Waals surface area contributed by atoms with E-state index in [2.05, 4.69) is 36.0 Å². The summed E-state index contributed by atoms with van der Waals surface area (Å²) in [5.41, 5.74) is 17.1. The minimum atomic E-state index is -0.685. The maximum Gasteiger partial charge on any atom is 0.295 e. The van der Waals surface area contributed by atoms with E-state index in [4.69, 9.17) is 30.0 Å². The zero-order valence-electron chi connectivity index (χ0n) is 33.0. The lowest BCUT2D eigenvalue weighted by atomic mass is 10.1. The van der Waals surface area contributed by atoms with E-state index in [-0.39, 0.29) is 47.6 Å². The van der Waals surface area contributed by atoms with Crippen molar-refractivity contribution < 1.29 is 32.7 Å². The number of aryl methyl sites for hydroxylation is 4. The third-order valence-electron chi connectivity index (χ3n) is 9.12. The fourth-order valence-corrected chi connectivity index (χ4v) is 6.22. The minimum absolute atomic E-state index is 0.0530. The highest BCUT2D eigenvalue weighted by atomic mass is 16.5. The number of hydrogen-bond donors (Lipinski definition) is 5. The SMILES string of the molecule is CCc1nc(C)oc1C(=O)Nc1nc2cc(C(N)=O)cnc2n1C/C=C/Cn1c(NC(=O)c2oc(C)nc2CC)nc2cc(C(N)=O)cc(OCCCN(C)NC)c21. The van der Waals surface area contributed by atoms with Crippen LogP contribution in [0.2, 0.25) is 0 Å². The molecule has 0 unspecified atom stereocenters. The Bertz CT molecular complexity index is 2550. The molecule has 7 N–H and O–H groups in total. The van der Waals surface area contributed by atoms with Crippen molar-refractivity contribution in [3.63, 3.8) is 0 Å². The first-order chi connectivity index (χ1) is 27.8. The highest BCUT2D eigenvalue weighted by Gasteiger charge is 2.24. The highest BCUT2D eigenvalue weighted by molar-refractivity contribution is 6.05. The van der Waals surface area contributed by atoms with Crippen molar-refractivity contribution in [1.82, 2.24) is 44.5 Å². The van der Waals surface area contributed by atoms with Crippen LogP contribution < -0.4 is 32.3 Å². The number of fused-ring (bicyclic) bond motifs is 2. The van der Waals surface area contributed by atoms with Crippen molar-refractivity contribution in [3.05, 3.63) is 82.4 Å². The van der Waals surface area contributed by atoms with Gasteiger partial charge in [-0.1, -0.05) is 26.0 Å². The smallest absolute Gasteiger partial charge is 0.295 e. The van der Waals surface area contributed by atoms with Crippen LogP contribution in [-0.4, -0.2) is 89.9 Å². The van der Waals surface area contributed by atoms with Crippen LogP contribution in [0.3, 0.4) is 0 Å². The van der Waals surface area contributed by atoms with E-state index < -0.39 is 23.6 Å². The summed E-state index contributed by atoms with van der Waals surface area (Å²) >= 11 is 0. The number of allylic oxidation sites excluding steroid dienone is 2. The number of amides is 4. The molecule has 6 rings (SSSR count). The maximum absolute atomic E-state index is 13.6. The second-order valence-electron chi connectivity index (χ2n) is 13.2. The number of ether oxygens (including phenoxy) is 1. The number of primary amides is 2. The molecule has 0 radical (unpaired) electrons. The molecule has 0 aliphatic carbocycles. The first-order valence-corrected chi connectivity index (χ1v) is 18.5. The van der Waals surface area contributed by atoms with Crippen LogP contribution in [0.25, 0.3) is 22.2 Å². The molecule has 304 valence electrons. The minimum Gasteiger partial charge on any atom is -0.491 e. The van der Waals surface area contributed by atoms with Crippen LogP contribution in [-0.2, 0) is 25.9 Å². The van der Waals surface area contributed by atoms with Crippen molar-refractivity contribution >= 4 is 57.7 Å². The molecule has 0 atom stereocenters. The monoisotopic (exact) mass is 795 g/mol. The van der Waals surface area contributed by atoms with E-state index in [9.17, 15) is 19.2 Å². The van der Waals surface area contributed by atoms with Gasteiger partial charge in [0.2, 0.25) is 35.2 Å². The number of hydrazine groups is 1. The molecule has 0 saturated carbocycles. The second kappa shape index (κ2) is 17.5. The Hall–Kier alpha value is -6.93. The largest absolute Gasteiger partial charge is 0.491 e. The maximum atomic E-state index is 13.6. The number of benzene rings is 1. The van der Waals surface area contributed by atoms with Crippen LogP contribution in [0.4, 0.5) is 11.9 Å². The van der Waals surface area contributed by atoms with Gasteiger partial charge in [0.05, 0.1) is 29.1 Å². The average Bonchev–Trinajstić information content (AvgIpc) is 3.96. The summed E-state index contributed by atoms with van der Waals surface area (Å²) in [6.45, 7) is 8.29. The Morgan fingerprint density at radius 3 is 1.93 bits per heavy atom. The molecule has 0 aliphatic heterocycles. The number of anilines is 2. The molecular weight excluding hydrogens is 751 g/mol. The molecule has 1 aromatic carbocycles. The van der Waals surface area contributed by atoms with Gasteiger partial charge in [-0.25, -0.2) is 29.9 Å². The van der Waals surface area contributed by atoms with Gasteiger partial charge in [-0.15, -0.1) is 0 Å². The Labute approximate surface area is 332 Å². The molecule has 58 heavy (non-hydrogen) atoms. The predicted octanol–water partition coefficient (Wildman–Crippen LogP) is 3.29. The van der Waals surface area contributed by atoms with Gasteiger partial charge in [0.1, 0.15) is 16.8 Å². The Kier molecular flexibility index (Phi) is 12.3. The van der Waals surface area contributed by atoms with E-state index in [0.717, 1.165) is 0 Å². The van der Waals surface area contributed by atoms with Crippen molar-refractivity contribution in [2.45, 2.75) is 60.0 Å². The number of aromatic nitrogens is 7. The van der Waals surface area contributed by atoms with Crippen molar-refractivity contribution in [2.75, 3.05) is 37.9 Å². The summed E-state index contributed by atoms with van der Waals surface area (Å²) in [6.07, 6.45) is 6.52. The number of hydrogen-bond acceptors (Lipinski definition) is 14. The Balaban J connectivity index is 1.37. The van der Waals surface area contributed by atoms with Crippen LogP contribution in [0.15, 0.2) is 45.4 Å². The van der Waals surface area contributed by atoms with Gasteiger partial charge in [0, 0.05) is 52.3 Å². The standard InChI is InChI=1S/C38H45N13O7/c1-7-24-30(57-20(3)43-24)35(54)47-37-45-26-16-22(32(39)52)18-28(56-15-11-12-49(6)41-5)29(26)50(37)13-9-10-14-51-34-27(17-23(19-42-34)33(40)53)46-38(51)48-36(55)31-25(8-2)44-21(4)58-31/h9-10,16-19,41H,7-8,11-15H2,1-6H3,(H2,39,52)(H2,40,53)(H,45,47,54)(H,46,48,55)/b10-9+. The Morgan fingerprint density at radius 2 is 1.36 bits per heavy atom. The van der Waals surface area contributed by atoms with Gasteiger partial charge >= 0.3 is 0 Å². The van der Waals surface area contributed by atoms with Crippen LogP contribution in [0.1, 0.15) is 85.3 Å². The zero-order valence-corrected chi connectivity index (χ0v) is 33.0. The van der Waals surface area contributed by atoms with E-state index in [1.807, 2.05) is 39.0 Å². The van der Waals surface area contributed by atoms with Gasteiger partial charge in [-0.2, -0.15) is 0 Å². The third kappa shape index (κ3) is 8.71. The first kappa shape index (κ1) is 40.7. The lowest BCUT2D eigenvalue weighted by molar-refractivity contribution is 0.0985. The summed E-state index contributed by atoms with van der Waals surface area (Å²) in [4.78, 5) is 73.7. The fraction of sp³-hybridized carbons (Fsp3) is 0.342. The molecule has 5 heterocycles. The first-order valence-electron chi connectivity index (χ1n) is 18.5. The molecule has 0 saturated heterocycles. The molecule has 0 spiro atoms. The zero-order chi connectivity index (χ0) is 41.7. The quantitative estimate of drug-likeness (QED) is 0.0475. The number of oxazole rings is 2. The number of nitrogens with one attached hydrogen (secondary N) is 3. The number of nitrogens with two attached hydrogens (primary N) is 2. The van der Waals surface area contributed by atoms with E-state index in [1.165, 1.54) is 18.3 Å². The van der Waals surface area contributed by atoms with Gasteiger partial charge in [-0.3, -0.25) is 39.8 Å². The molecule has 0 bridgehead atoms. The van der Waals surface area contributed by atoms with Crippen LogP contribution in [0, 0.1) is 13.8 Å². The van der Waals surface area contributed by atoms with Gasteiger partial charge < -0.3 is 29.6 Å². The molecule has 20 nitrogen and oxygen atoms in total. The molecule has 6 aromatic rings. The van der Waals surface area contributed by atoms with Crippen LogP contribution >= 0.6 is 0 Å². The summed E-state index contributed by atoms with van der Waals surface area (Å²) in [5.74, 6) is -1.10. The summed E-state index contributed by atoms with van der Waals surface area (Å²) in [5, 5.41) is 7.56. The number of rotatable bonds is 18. The van der Waals surface area contributed by atoms with Crippen molar-refractivity contribution in [2.24, 2.45) is 11.5 Å². The fourth-order valence-electron chi connectivity index (χ4n) is 6.22. The van der Waals surface area contributed by atoms with E-state index in [1.54, 1.807) is 35.1 Å². The predicted molar refractivity (Wildman–Crippen MR) is 212 cm³/mol. The van der Waals surface area contributed by atoms with Gasteiger partial charge in [-0.05, 0) is 44.5 Å². The van der Waals surface area contributed by atoms with E-state index in [0.29, 0.717) is 83.5 Å². The number of carbonyl (C=O) groups is 4.